The van der Waals surface area contributed by atoms with Crippen LogP contribution in [-0.4, -0.2) is 29.8 Å². The number of aryl methyl sites for hydroxylation is 1. The fraction of sp³-hybridized carbons (Fsp3) is 0.400. The van der Waals surface area contributed by atoms with Gasteiger partial charge in [-0.3, -0.25) is 9.59 Å². The highest BCUT2D eigenvalue weighted by Gasteiger charge is 2.31. The number of benzene rings is 2. The molecule has 0 fully saturated rings. The van der Waals surface area contributed by atoms with Gasteiger partial charge in [-0.2, -0.15) is 0 Å². The van der Waals surface area contributed by atoms with Gasteiger partial charge in [0, 0.05) is 19.5 Å². The second-order valence-electron chi connectivity index (χ2n) is 9.86. The number of nitrogens with zero attached hydrogens (tertiary/aromatic N) is 1. The van der Waals surface area contributed by atoms with Crippen LogP contribution in [0.1, 0.15) is 78.2 Å². The highest BCUT2D eigenvalue weighted by molar-refractivity contribution is 5.91. The zero-order valence-electron chi connectivity index (χ0n) is 21.7. The smallest absolute Gasteiger partial charge is 0.286 e. The van der Waals surface area contributed by atoms with Gasteiger partial charge in [0.25, 0.3) is 5.91 Å². The third-order valence-electron chi connectivity index (χ3n) is 6.60. The van der Waals surface area contributed by atoms with Crippen LogP contribution in [0.4, 0.5) is 0 Å². The number of fused-ring (bicyclic) bond motifs is 1. The Kier molecular flexibility index (Phi) is 8.14. The number of hydrogen-bond acceptors (Lipinski definition) is 4. The van der Waals surface area contributed by atoms with Gasteiger partial charge in [-0.25, -0.2) is 0 Å². The second kappa shape index (κ2) is 11.5. The Morgan fingerprint density at radius 1 is 1.14 bits per heavy atom. The van der Waals surface area contributed by atoms with Crippen LogP contribution in [-0.2, 0) is 17.8 Å². The van der Waals surface area contributed by atoms with Gasteiger partial charge in [-0.1, -0.05) is 56.7 Å². The van der Waals surface area contributed by atoms with Crippen LogP contribution < -0.4 is 10.1 Å². The van der Waals surface area contributed by atoms with Crippen molar-refractivity contribution in [1.82, 2.24) is 10.2 Å². The summed E-state index contributed by atoms with van der Waals surface area (Å²) in [4.78, 5) is 27.1. The van der Waals surface area contributed by atoms with E-state index in [1.165, 1.54) is 5.56 Å². The Morgan fingerprint density at radius 2 is 1.97 bits per heavy atom. The summed E-state index contributed by atoms with van der Waals surface area (Å²) in [6, 6.07) is 17.8. The molecule has 36 heavy (non-hydrogen) atoms. The van der Waals surface area contributed by atoms with Gasteiger partial charge in [-0.15, -0.1) is 0 Å². The van der Waals surface area contributed by atoms with Crippen molar-refractivity contribution < 1.29 is 18.7 Å². The molecule has 6 heteroatoms. The van der Waals surface area contributed by atoms with E-state index in [-0.39, 0.29) is 30.2 Å². The zero-order valence-corrected chi connectivity index (χ0v) is 21.7. The fourth-order valence-corrected chi connectivity index (χ4v) is 4.65. The molecule has 2 heterocycles. The first-order valence-corrected chi connectivity index (χ1v) is 12.8. The standard InChI is InChI=1S/C30H36N2O4/c1-5-28(33)32-16-14-22-9-10-24(18-26(22)29(32)23-8-6-7-21(4)17-23)35-19-25-11-12-27(36-25)30(34)31-15-13-20(2)3/h6-12,17-18,20,29H,5,13-16,19H2,1-4H3,(H,31,34)/t29-/m0/s1. The molecule has 6 nitrogen and oxygen atoms in total. The molecule has 4 rings (SSSR count). The Hall–Kier alpha value is -3.54. The van der Waals surface area contributed by atoms with E-state index in [0.29, 0.717) is 36.9 Å². The summed E-state index contributed by atoms with van der Waals surface area (Å²) >= 11 is 0. The SMILES string of the molecule is CCC(=O)N1CCc2ccc(OCc3ccc(C(=O)NCCC(C)C)o3)cc2[C@@H]1c1cccc(C)c1. The fourth-order valence-electron chi connectivity index (χ4n) is 4.65. The van der Waals surface area contributed by atoms with Crippen LogP contribution in [0.3, 0.4) is 0 Å². The lowest BCUT2D eigenvalue weighted by molar-refractivity contribution is -0.132. The van der Waals surface area contributed by atoms with Crippen LogP contribution in [0, 0.1) is 12.8 Å². The summed E-state index contributed by atoms with van der Waals surface area (Å²) < 4.78 is 11.8. The van der Waals surface area contributed by atoms with E-state index in [9.17, 15) is 9.59 Å². The summed E-state index contributed by atoms with van der Waals surface area (Å²) in [7, 11) is 0. The number of nitrogens with one attached hydrogen (secondary N) is 1. The molecule has 1 atom stereocenters. The monoisotopic (exact) mass is 488 g/mol. The zero-order chi connectivity index (χ0) is 25.7. The Labute approximate surface area is 213 Å². The van der Waals surface area contributed by atoms with Gasteiger partial charge in [0.1, 0.15) is 18.1 Å². The molecule has 1 N–H and O–H groups in total. The maximum absolute atomic E-state index is 12.8. The minimum absolute atomic E-state index is 0.144. The molecule has 1 aromatic heterocycles. The Bertz CT molecular complexity index is 1210. The number of ether oxygens (including phenoxy) is 1. The molecule has 0 saturated carbocycles. The predicted molar refractivity (Wildman–Crippen MR) is 140 cm³/mol. The summed E-state index contributed by atoms with van der Waals surface area (Å²) in [5.41, 5.74) is 4.59. The van der Waals surface area contributed by atoms with Crippen LogP contribution in [0.25, 0.3) is 0 Å². The molecule has 0 spiro atoms. The minimum Gasteiger partial charge on any atom is -0.486 e. The topological polar surface area (TPSA) is 71.8 Å². The van der Waals surface area contributed by atoms with Crippen molar-refractivity contribution >= 4 is 11.8 Å². The van der Waals surface area contributed by atoms with Crippen LogP contribution in [0.15, 0.2) is 59.0 Å². The maximum atomic E-state index is 12.8. The van der Waals surface area contributed by atoms with Gasteiger partial charge in [-0.05, 0) is 66.6 Å². The molecule has 0 unspecified atom stereocenters. The van der Waals surface area contributed by atoms with E-state index in [4.69, 9.17) is 9.15 Å². The average molecular weight is 489 g/mol. The van der Waals surface area contributed by atoms with Gasteiger partial charge < -0.3 is 19.4 Å². The third-order valence-corrected chi connectivity index (χ3v) is 6.60. The lowest BCUT2D eigenvalue weighted by atomic mass is 9.87. The first-order chi connectivity index (χ1) is 17.4. The Morgan fingerprint density at radius 3 is 2.72 bits per heavy atom. The summed E-state index contributed by atoms with van der Waals surface area (Å²) in [5.74, 6) is 2.04. The molecule has 0 radical (unpaired) electrons. The molecule has 1 aliphatic rings. The molecule has 190 valence electrons. The van der Waals surface area contributed by atoms with E-state index in [1.54, 1.807) is 12.1 Å². The highest BCUT2D eigenvalue weighted by atomic mass is 16.5. The molecule has 0 aliphatic carbocycles. The maximum Gasteiger partial charge on any atom is 0.286 e. The first-order valence-electron chi connectivity index (χ1n) is 12.8. The first kappa shape index (κ1) is 25.5. The van der Waals surface area contributed by atoms with E-state index in [0.717, 1.165) is 29.5 Å². The molecule has 1 aliphatic heterocycles. The lowest BCUT2D eigenvalue weighted by Crippen LogP contribution is -2.40. The quantitative estimate of drug-likeness (QED) is 0.412. The Balaban J connectivity index is 1.50. The van der Waals surface area contributed by atoms with Gasteiger partial charge in [0.05, 0.1) is 6.04 Å². The number of hydrogen-bond donors (Lipinski definition) is 1. The number of furan rings is 1. The van der Waals surface area contributed by atoms with Gasteiger partial charge >= 0.3 is 0 Å². The van der Waals surface area contributed by atoms with Crippen molar-refractivity contribution in [2.45, 2.75) is 59.6 Å². The van der Waals surface area contributed by atoms with Crippen molar-refractivity contribution in [2.24, 2.45) is 5.92 Å². The van der Waals surface area contributed by atoms with Crippen LogP contribution in [0.5, 0.6) is 5.75 Å². The van der Waals surface area contributed by atoms with Crippen molar-refractivity contribution in [3.8, 4) is 5.75 Å². The number of carbonyl (C=O) groups excluding carboxylic acids is 2. The van der Waals surface area contributed by atoms with E-state index in [2.05, 4.69) is 50.4 Å². The number of rotatable bonds is 9. The van der Waals surface area contributed by atoms with Crippen molar-refractivity contribution in [3.05, 3.63) is 88.4 Å². The predicted octanol–water partition coefficient (Wildman–Crippen LogP) is 5.83. The summed E-state index contributed by atoms with van der Waals surface area (Å²) in [6.07, 6.45) is 2.21. The van der Waals surface area contributed by atoms with E-state index < -0.39 is 0 Å². The van der Waals surface area contributed by atoms with E-state index in [1.807, 2.05) is 30.0 Å². The number of carbonyl (C=O) groups is 2. The largest absolute Gasteiger partial charge is 0.486 e. The summed E-state index contributed by atoms with van der Waals surface area (Å²) in [5, 5.41) is 2.89. The van der Waals surface area contributed by atoms with E-state index >= 15 is 0 Å². The third kappa shape index (κ3) is 5.99. The second-order valence-corrected chi connectivity index (χ2v) is 9.86. The molecule has 2 amide bonds. The van der Waals surface area contributed by atoms with Crippen molar-refractivity contribution in [1.29, 1.82) is 0 Å². The summed E-state index contributed by atoms with van der Waals surface area (Å²) in [6.45, 7) is 9.76. The molecule has 0 bridgehead atoms. The van der Waals surface area contributed by atoms with Crippen molar-refractivity contribution in [2.75, 3.05) is 13.1 Å². The lowest BCUT2D eigenvalue weighted by Gasteiger charge is -2.38. The molecule has 0 saturated heterocycles. The van der Waals surface area contributed by atoms with Crippen LogP contribution in [0.2, 0.25) is 0 Å². The molecular weight excluding hydrogens is 452 g/mol. The molecular formula is C30H36N2O4. The molecule has 3 aromatic rings. The highest BCUT2D eigenvalue weighted by Crippen LogP contribution is 2.38. The normalized spacial score (nSPS) is 15.0. The van der Waals surface area contributed by atoms with Gasteiger partial charge in [0.2, 0.25) is 5.91 Å². The molecule has 2 aromatic carbocycles. The van der Waals surface area contributed by atoms with Crippen molar-refractivity contribution in [3.63, 3.8) is 0 Å². The van der Waals surface area contributed by atoms with Crippen LogP contribution >= 0.6 is 0 Å². The number of amides is 2. The minimum atomic E-state index is -0.211. The average Bonchev–Trinajstić information content (AvgIpc) is 3.35. The van der Waals surface area contributed by atoms with Gasteiger partial charge in [0.15, 0.2) is 5.76 Å².